The number of carbonyl (C=O) groups is 1. The number of nitrogens with one attached hydrogen (secondary N) is 1. The molecule has 2 rings (SSSR count). The minimum absolute atomic E-state index is 0.150. The third-order valence-electron chi connectivity index (χ3n) is 4.08. The van der Waals surface area contributed by atoms with Gasteiger partial charge in [0.05, 0.1) is 0 Å². The molecule has 3 N–H and O–H groups in total. The van der Waals surface area contributed by atoms with Gasteiger partial charge < -0.3 is 11.1 Å². The SMILES string of the molecule is CCN(CC)C(CNC(=O)c1nccnc1N)Cc1ccccc1. The molecule has 24 heavy (non-hydrogen) atoms. The first-order valence-electron chi connectivity index (χ1n) is 8.28. The molecule has 1 aromatic heterocycles. The van der Waals surface area contributed by atoms with Crippen molar-refractivity contribution in [3.8, 4) is 0 Å². The standard InChI is InChI=1S/C18H25N5O/c1-3-23(4-2)15(12-14-8-6-5-7-9-14)13-22-18(24)16-17(19)21-11-10-20-16/h5-11,15H,3-4,12-13H2,1-2H3,(H2,19,21)(H,22,24). The Kier molecular flexibility index (Phi) is 6.69. The molecule has 6 nitrogen and oxygen atoms in total. The minimum Gasteiger partial charge on any atom is -0.382 e. The Morgan fingerprint density at radius 3 is 2.46 bits per heavy atom. The van der Waals surface area contributed by atoms with E-state index in [0.717, 1.165) is 19.5 Å². The molecule has 1 heterocycles. The van der Waals surface area contributed by atoms with Crippen LogP contribution in [0.2, 0.25) is 0 Å². The van der Waals surface area contributed by atoms with Crippen molar-refractivity contribution in [2.45, 2.75) is 26.3 Å². The van der Waals surface area contributed by atoms with Gasteiger partial charge in [-0.1, -0.05) is 44.2 Å². The van der Waals surface area contributed by atoms with E-state index in [1.54, 1.807) is 0 Å². The summed E-state index contributed by atoms with van der Waals surface area (Å²) in [6, 6.07) is 10.5. The highest BCUT2D eigenvalue weighted by atomic mass is 16.1. The zero-order valence-electron chi connectivity index (χ0n) is 14.3. The van der Waals surface area contributed by atoms with Gasteiger partial charge in [0, 0.05) is 25.0 Å². The number of rotatable bonds is 8. The first-order valence-corrected chi connectivity index (χ1v) is 8.28. The molecule has 1 amide bonds. The van der Waals surface area contributed by atoms with Crippen LogP contribution in [-0.4, -0.2) is 46.5 Å². The van der Waals surface area contributed by atoms with Gasteiger partial charge in [0.15, 0.2) is 11.5 Å². The Morgan fingerprint density at radius 1 is 1.17 bits per heavy atom. The lowest BCUT2D eigenvalue weighted by Gasteiger charge is -2.30. The number of benzene rings is 1. The van der Waals surface area contributed by atoms with Crippen LogP contribution in [0.1, 0.15) is 29.9 Å². The molecule has 0 aliphatic carbocycles. The third-order valence-corrected chi connectivity index (χ3v) is 4.08. The zero-order valence-corrected chi connectivity index (χ0v) is 14.3. The number of carbonyl (C=O) groups excluding carboxylic acids is 1. The van der Waals surface area contributed by atoms with E-state index in [-0.39, 0.29) is 23.5 Å². The lowest BCUT2D eigenvalue weighted by molar-refractivity contribution is 0.0930. The molecule has 0 aliphatic heterocycles. The first-order chi connectivity index (χ1) is 11.7. The second-order valence-corrected chi connectivity index (χ2v) is 5.56. The molecule has 0 spiro atoms. The van der Waals surface area contributed by atoms with E-state index in [1.165, 1.54) is 18.0 Å². The van der Waals surface area contributed by atoms with E-state index in [0.29, 0.717) is 6.54 Å². The van der Waals surface area contributed by atoms with E-state index in [2.05, 4.69) is 46.2 Å². The summed E-state index contributed by atoms with van der Waals surface area (Å²) in [5.41, 5.74) is 7.15. The maximum absolute atomic E-state index is 12.3. The lowest BCUT2D eigenvalue weighted by atomic mass is 10.0. The van der Waals surface area contributed by atoms with Crippen LogP contribution in [-0.2, 0) is 6.42 Å². The van der Waals surface area contributed by atoms with Gasteiger partial charge in [-0.15, -0.1) is 0 Å². The molecule has 128 valence electrons. The Bertz CT molecular complexity index is 643. The van der Waals surface area contributed by atoms with Gasteiger partial charge in [-0.05, 0) is 25.1 Å². The number of nitrogen functional groups attached to an aromatic ring is 1. The van der Waals surface area contributed by atoms with Crippen molar-refractivity contribution >= 4 is 11.7 Å². The van der Waals surface area contributed by atoms with Crippen LogP contribution in [0.15, 0.2) is 42.7 Å². The first kappa shape index (κ1) is 17.9. The number of aromatic nitrogens is 2. The van der Waals surface area contributed by atoms with E-state index >= 15 is 0 Å². The highest BCUT2D eigenvalue weighted by Crippen LogP contribution is 2.09. The van der Waals surface area contributed by atoms with Crippen molar-refractivity contribution in [3.63, 3.8) is 0 Å². The Hall–Kier alpha value is -2.47. The second-order valence-electron chi connectivity index (χ2n) is 5.56. The van der Waals surface area contributed by atoms with Crippen LogP contribution < -0.4 is 11.1 Å². The number of hydrogen-bond acceptors (Lipinski definition) is 5. The predicted molar refractivity (Wildman–Crippen MR) is 95.6 cm³/mol. The van der Waals surface area contributed by atoms with Gasteiger partial charge in [0.2, 0.25) is 0 Å². The number of hydrogen-bond donors (Lipinski definition) is 2. The fourth-order valence-electron chi connectivity index (χ4n) is 2.77. The Morgan fingerprint density at radius 2 is 1.83 bits per heavy atom. The van der Waals surface area contributed by atoms with Gasteiger partial charge in [-0.3, -0.25) is 9.69 Å². The van der Waals surface area contributed by atoms with Gasteiger partial charge in [0.1, 0.15) is 0 Å². The van der Waals surface area contributed by atoms with Crippen LogP contribution in [0.4, 0.5) is 5.82 Å². The van der Waals surface area contributed by atoms with Crippen molar-refractivity contribution < 1.29 is 4.79 Å². The molecule has 0 fully saturated rings. The molecule has 0 aliphatic rings. The number of likely N-dealkylation sites (N-methyl/N-ethyl adjacent to an activating group) is 1. The summed E-state index contributed by atoms with van der Waals surface area (Å²) in [6.07, 6.45) is 3.82. The summed E-state index contributed by atoms with van der Waals surface area (Å²) in [4.78, 5) is 22.6. The van der Waals surface area contributed by atoms with Gasteiger partial charge in [0.25, 0.3) is 5.91 Å². The summed E-state index contributed by atoms with van der Waals surface area (Å²) in [5, 5.41) is 2.95. The molecule has 1 unspecified atom stereocenters. The maximum atomic E-state index is 12.3. The number of amides is 1. The quantitative estimate of drug-likeness (QED) is 0.771. The molecular formula is C18H25N5O. The molecule has 6 heteroatoms. The fourth-order valence-corrected chi connectivity index (χ4v) is 2.77. The third kappa shape index (κ3) is 4.76. The topological polar surface area (TPSA) is 84.1 Å². The van der Waals surface area contributed by atoms with Gasteiger partial charge in [-0.2, -0.15) is 0 Å². The molecule has 1 atom stereocenters. The van der Waals surface area contributed by atoms with Crippen molar-refractivity contribution in [3.05, 3.63) is 54.0 Å². The molecular weight excluding hydrogens is 302 g/mol. The second kappa shape index (κ2) is 8.98. The largest absolute Gasteiger partial charge is 0.382 e. The van der Waals surface area contributed by atoms with Gasteiger partial charge in [-0.25, -0.2) is 9.97 Å². The van der Waals surface area contributed by atoms with E-state index in [9.17, 15) is 4.79 Å². The Labute approximate surface area is 143 Å². The molecule has 0 bridgehead atoms. The number of nitrogens with two attached hydrogens (primary N) is 1. The minimum atomic E-state index is -0.286. The summed E-state index contributed by atoms with van der Waals surface area (Å²) in [5.74, 6) is -0.136. The lowest BCUT2D eigenvalue weighted by Crippen LogP contribution is -2.45. The fraction of sp³-hybridized carbons (Fsp3) is 0.389. The van der Waals surface area contributed by atoms with Crippen LogP contribution in [0, 0.1) is 0 Å². The normalized spacial score (nSPS) is 12.1. The van der Waals surface area contributed by atoms with Crippen molar-refractivity contribution in [1.82, 2.24) is 20.2 Å². The smallest absolute Gasteiger partial charge is 0.273 e. The molecule has 2 aromatic rings. The van der Waals surface area contributed by atoms with Crippen molar-refractivity contribution in [2.24, 2.45) is 0 Å². The van der Waals surface area contributed by atoms with E-state index < -0.39 is 0 Å². The highest BCUT2D eigenvalue weighted by Gasteiger charge is 2.19. The van der Waals surface area contributed by atoms with Crippen LogP contribution in [0.5, 0.6) is 0 Å². The monoisotopic (exact) mass is 327 g/mol. The van der Waals surface area contributed by atoms with Crippen LogP contribution >= 0.6 is 0 Å². The molecule has 0 saturated carbocycles. The maximum Gasteiger partial charge on any atom is 0.273 e. The summed E-state index contributed by atoms with van der Waals surface area (Å²) in [6.45, 7) is 6.65. The summed E-state index contributed by atoms with van der Waals surface area (Å²) in [7, 11) is 0. The predicted octanol–water partition coefficient (Wildman–Crippen LogP) is 1.74. The molecule has 0 saturated heterocycles. The highest BCUT2D eigenvalue weighted by molar-refractivity contribution is 5.96. The molecule has 0 radical (unpaired) electrons. The summed E-state index contributed by atoms with van der Waals surface area (Å²) < 4.78 is 0. The number of nitrogens with zero attached hydrogens (tertiary/aromatic N) is 3. The van der Waals surface area contributed by atoms with Crippen molar-refractivity contribution in [2.75, 3.05) is 25.4 Å². The van der Waals surface area contributed by atoms with Crippen LogP contribution in [0.25, 0.3) is 0 Å². The van der Waals surface area contributed by atoms with E-state index in [4.69, 9.17) is 5.73 Å². The molecule has 1 aromatic carbocycles. The van der Waals surface area contributed by atoms with Gasteiger partial charge >= 0.3 is 0 Å². The van der Waals surface area contributed by atoms with E-state index in [1.807, 2.05) is 18.2 Å². The number of anilines is 1. The summed E-state index contributed by atoms with van der Waals surface area (Å²) >= 11 is 0. The average Bonchev–Trinajstić information content (AvgIpc) is 2.61. The Balaban J connectivity index is 2.05. The van der Waals surface area contributed by atoms with Crippen molar-refractivity contribution in [1.29, 1.82) is 0 Å². The zero-order chi connectivity index (χ0) is 17.4. The average molecular weight is 327 g/mol. The van der Waals surface area contributed by atoms with Crippen LogP contribution in [0.3, 0.4) is 0 Å².